The third-order valence-electron chi connectivity index (χ3n) is 3.59. The Morgan fingerprint density at radius 2 is 1.71 bits per heavy atom. The number of rotatable bonds is 5. The first-order valence-electron chi connectivity index (χ1n) is 7.31. The maximum atomic E-state index is 12.1. The molecule has 2 rings (SSSR count). The Hall–Kier alpha value is -1.88. The largest absolute Gasteiger partial charge is 0.466 e. The normalized spacial score (nSPS) is 24.6. The van der Waals surface area contributed by atoms with Gasteiger partial charge in [0.15, 0.2) is 0 Å². The number of ether oxygens (including phenoxy) is 2. The summed E-state index contributed by atoms with van der Waals surface area (Å²) in [5.74, 6) is -0.961. The monoisotopic (exact) mass is 291 g/mol. The van der Waals surface area contributed by atoms with Gasteiger partial charge in [-0.15, -0.1) is 0 Å². The summed E-state index contributed by atoms with van der Waals surface area (Å²) in [6, 6.07) is 8.94. The summed E-state index contributed by atoms with van der Waals surface area (Å²) in [4.78, 5) is 24.1. The molecule has 0 bridgehead atoms. The average molecular weight is 291 g/mol. The second kappa shape index (κ2) is 7.22. The minimum atomic E-state index is -0.468. The fraction of sp³-hybridized carbons (Fsp3) is 0.500. The highest BCUT2D eigenvalue weighted by Crippen LogP contribution is 2.34. The number of carbonyl (C=O) groups excluding carboxylic acids is 2. The van der Waals surface area contributed by atoms with E-state index in [9.17, 15) is 9.59 Å². The van der Waals surface area contributed by atoms with Gasteiger partial charge in [-0.1, -0.05) is 30.3 Å². The molecule has 1 aliphatic rings. The molecule has 1 aromatic carbocycles. The molecule has 0 aliphatic carbocycles. The minimum Gasteiger partial charge on any atom is -0.466 e. The van der Waals surface area contributed by atoms with E-state index in [1.54, 1.807) is 13.8 Å². The van der Waals surface area contributed by atoms with Gasteiger partial charge >= 0.3 is 11.9 Å². The number of hydrogen-bond donors (Lipinski definition) is 1. The van der Waals surface area contributed by atoms with Crippen molar-refractivity contribution >= 4 is 11.9 Å². The molecule has 21 heavy (non-hydrogen) atoms. The van der Waals surface area contributed by atoms with Crippen molar-refractivity contribution in [2.45, 2.75) is 32.4 Å². The summed E-state index contributed by atoms with van der Waals surface area (Å²) in [5.41, 5.74) is 0.974. The molecule has 5 heteroatoms. The SMILES string of the molecule is CCOC(=O)[C@@H]1C[C@@H](C(=O)OCC)[C@@H](c2ccccc2)N1. The standard InChI is InChI=1S/C16H21NO4/c1-3-20-15(18)12-10-13(16(19)21-4-2)17-14(12)11-8-6-5-7-9-11/h5-9,12-14,17H,3-4,10H2,1-2H3/t12-,13+,14-/m1/s1. The van der Waals surface area contributed by atoms with Crippen LogP contribution < -0.4 is 5.32 Å². The Bertz CT molecular complexity index is 488. The van der Waals surface area contributed by atoms with Crippen LogP contribution in [0.5, 0.6) is 0 Å². The average Bonchev–Trinajstić information content (AvgIpc) is 2.94. The van der Waals surface area contributed by atoms with Gasteiger partial charge in [0.2, 0.25) is 0 Å². The number of esters is 2. The summed E-state index contributed by atoms with van der Waals surface area (Å²) in [7, 11) is 0. The van der Waals surface area contributed by atoms with E-state index in [1.165, 1.54) is 0 Å². The molecule has 0 radical (unpaired) electrons. The van der Waals surface area contributed by atoms with Crippen LogP contribution in [0.4, 0.5) is 0 Å². The molecule has 0 aromatic heterocycles. The molecular weight excluding hydrogens is 270 g/mol. The number of nitrogens with one attached hydrogen (secondary N) is 1. The molecule has 1 fully saturated rings. The molecule has 1 heterocycles. The summed E-state index contributed by atoms with van der Waals surface area (Å²) in [5, 5.41) is 3.21. The molecule has 1 saturated heterocycles. The molecule has 1 N–H and O–H groups in total. The van der Waals surface area contributed by atoms with Gasteiger partial charge in [-0.2, -0.15) is 0 Å². The molecule has 0 saturated carbocycles. The van der Waals surface area contributed by atoms with E-state index >= 15 is 0 Å². The lowest BCUT2D eigenvalue weighted by molar-refractivity contribution is -0.148. The zero-order chi connectivity index (χ0) is 15.2. The molecule has 0 spiro atoms. The molecule has 0 unspecified atom stereocenters. The fourth-order valence-electron chi connectivity index (χ4n) is 2.67. The molecule has 5 nitrogen and oxygen atoms in total. The van der Waals surface area contributed by atoms with Crippen molar-refractivity contribution in [3.63, 3.8) is 0 Å². The summed E-state index contributed by atoms with van der Waals surface area (Å²) in [6.07, 6.45) is 0.400. The summed E-state index contributed by atoms with van der Waals surface area (Å²) < 4.78 is 10.2. The Morgan fingerprint density at radius 3 is 2.33 bits per heavy atom. The molecular formula is C16H21NO4. The van der Waals surface area contributed by atoms with Crippen molar-refractivity contribution in [1.82, 2.24) is 5.32 Å². The zero-order valence-corrected chi connectivity index (χ0v) is 12.4. The van der Waals surface area contributed by atoms with E-state index in [2.05, 4.69) is 5.32 Å². The highest BCUT2D eigenvalue weighted by Gasteiger charge is 2.43. The predicted octanol–water partition coefficient (Wildman–Crippen LogP) is 1.83. The Labute approximate surface area is 124 Å². The topological polar surface area (TPSA) is 64.6 Å². The van der Waals surface area contributed by atoms with E-state index in [1.807, 2.05) is 30.3 Å². The van der Waals surface area contributed by atoms with Crippen molar-refractivity contribution in [2.75, 3.05) is 13.2 Å². The van der Waals surface area contributed by atoms with Crippen LogP contribution in [0.2, 0.25) is 0 Å². The van der Waals surface area contributed by atoms with Crippen molar-refractivity contribution in [2.24, 2.45) is 5.92 Å². The van der Waals surface area contributed by atoms with Gasteiger partial charge in [-0.25, -0.2) is 0 Å². The van der Waals surface area contributed by atoms with Crippen LogP contribution in [-0.2, 0) is 19.1 Å². The Balaban J connectivity index is 2.18. The molecule has 114 valence electrons. The van der Waals surface area contributed by atoms with Gasteiger partial charge in [-0.3, -0.25) is 14.9 Å². The second-order valence-corrected chi connectivity index (χ2v) is 4.95. The lowest BCUT2D eigenvalue weighted by atomic mass is 9.93. The van der Waals surface area contributed by atoms with Crippen LogP contribution in [0.15, 0.2) is 30.3 Å². The van der Waals surface area contributed by atoms with Crippen LogP contribution in [0.3, 0.4) is 0 Å². The van der Waals surface area contributed by atoms with E-state index in [0.29, 0.717) is 19.6 Å². The molecule has 1 aromatic rings. The quantitative estimate of drug-likeness (QED) is 0.839. The maximum absolute atomic E-state index is 12.1. The lowest BCUT2D eigenvalue weighted by Crippen LogP contribution is -2.33. The molecule has 1 aliphatic heterocycles. The first-order valence-corrected chi connectivity index (χ1v) is 7.31. The molecule has 3 atom stereocenters. The Kier molecular flexibility index (Phi) is 5.33. The highest BCUT2D eigenvalue weighted by atomic mass is 16.5. The Morgan fingerprint density at radius 1 is 1.10 bits per heavy atom. The fourth-order valence-corrected chi connectivity index (χ4v) is 2.67. The summed E-state index contributed by atoms with van der Waals surface area (Å²) in [6.45, 7) is 4.21. The number of carbonyl (C=O) groups is 2. The van der Waals surface area contributed by atoms with Crippen LogP contribution in [0, 0.1) is 5.92 Å². The van der Waals surface area contributed by atoms with E-state index in [0.717, 1.165) is 5.56 Å². The second-order valence-electron chi connectivity index (χ2n) is 4.95. The predicted molar refractivity (Wildman–Crippen MR) is 77.5 cm³/mol. The van der Waals surface area contributed by atoms with Gasteiger partial charge in [0.1, 0.15) is 6.04 Å². The maximum Gasteiger partial charge on any atom is 0.323 e. The minimum absolute atomic E-state index is 0.223. The van der Waals surface area contributed by atoms with Gasteiger partial charge in [0.05, 0.1) is 19.1 Å². The van der Waals surface area contributed by atoms with E-state index < -0.39 is 6.04 Å². The third kappa shape index (κ3) is 3.61. The third-order valence-corrected chi connectivity index (χ3v) is 3.59. The molecule has 0 amide bonds. The van der Waals surface area contributed by atoms with Crippen LogP contribution >= 0.6 is 0 Å². The number of hydrogen-bond acceptors (Lipinski definition) is 5. The van der Waals surface area contributed by atoms with E-state index in [4.69, 9.17) is 9.47 Å². The lowest BCUT2D eigenvalue weighted by Gasteiger charge is -2.18. The van der Waals surface area contributed by atoms with Crippen LogP contribution in [0.1, 0.15) is 31.9 Å². The highest BCUT2D eigenvalue weighted by molar-refractivity contribution is 5.80. The first kappa shape index (κ1) is 15.5. The number of benzene rings is 1. The van der Waals surface area contributed by atoms with Crippen molar-refractivity contribution < 1.29 is 19.1 Å². The van der Waals surface area contributed by atoms with E-state index in [-0.39, 0.29) is 23.9 Å². The van der Waals surface area contributed by atoms with Gasteiger partial charge in [0, 0.05) is 6.04 Å². The van der Waals surface area contributed by atoms with Gasteiger partial charge < -0.3 is 9.47 Å². The van der Waals surface area contributed by atoms with Crippen molar-refractivity contribution in [3.05, 3.63) is 35.9 Å². The van der Waals surface area contributed by atoms with Gasteiger partial charge in [0.25, 0.3) is 0 Å². The smallest absolute Gasteiger partial charge is 0.323 e. The van der Waals surface area contributed by atoms with Crippen molar-refractivity contribution in [3.8, 4) is 0 Å². The van der Waals surface area contributed by atoms with Gasteiger partial charge in [-0.05, 0) is 25.8 Å². The zero-order valence-electron chi connectivity index (χ0n) is 12.4. The van der Waals surface area contributed by atoms with Crippen LogP contribution in [0.25, 0.3) is 0 Å². The summed E-state index contributed by atoms with van der Waals surface area (Å²) >= 11 is 0. The van der Waals surface area contributed by atoms with Crippen molar-refractivity contribution in [1.29, 1.82) is 0 Å². The first-order chi connectivity index (χ1) is 10.2. The van der Waals surface area contributed by atoms with Crippen LogP contribution in [-0.4, -0.2) is 31.2 Å².